The van der Waals surface area contributed by atoms with E-state index in [0.29, 0.717) is 0 Å². The molecule has 0 saturated carbocycles. The minimum Gasteiger partial charge on any atom is -0.497 e. The van der Waals surface area contributed by atoms with Crippen LogP contribution in [0.25, 0.3) is 0 Å². The molecule has 1 aromatic carbocycles. The van der Waals surface area contributed by atoms with Gasteiger partial charge in [0, 0.05) is 32.0 Å². The van der Waals surface area contributed by atoms with E-state index in [9.17, 15) is 0 Å². The van der Waals surface area contributed by atoms with Crippen molar-refractivity contribution in [2.45, 2.75) is 13.1 Å². The number of aryl methyl sites for hydroxylation is 1. The van der Waals surface area contributed by atoms with Gasteiger partial charge in [0.15, 0.2) is 0 Å². The zero-order chi connectivity index (χ0) is 12.1. The van der Waals surface area contributed by atoms with Crippen molar-refractivity contribution >= 4 is 12.4 Å². The third-order valence-corrected chi connectivity index (χ3v) is 2.85. The quantitative estimate of drug-likeness (QED) is 0.901. The monoisotopic (exact) mass is 266 g/mol. The lowest BCUT2D eigenvalue weighted by molar-refractivity contribution is 0.414. The Morgan fingerprint density at radius 3 is 2.39 bits per heavy atom. The van der Waals surface area contributed by atoms with Gasteiger partial charge in [-0.25, -0.2) is 0 Å². The van der Waals surface area contributed by atoms with Gasteiger partial charge in [0.25, 0.3) is 0 Å². The third kappa shape index (κ3) is 3.79. The molecule has 0 saturated heterocycles. The van der Waals surface area contributed by atoms with Gasteiger partial charge < -0.3 is 14.6 Å². The number of halogens is 1. The van der Waals surface area contributed by atoms with E-state index in [1.54, 1.807) is 7.11 Å². The van der Waals surface area contributed by atoms with Crippen LogP contribution in [0.4, 0.5) is 0 Å². The number of methoxy groups -OCH3 is 1. The molecule has 98 valence electrons. The lowest BCUT2D eigenvalue weighted by Crippen LogP contribution is -2.14. The average molecular weight is 267 g/mol. The topological polar surface area (TPSA) is 26.2 Å². The zero-order valence-corrected chi connectivity index (χ0v) is 11.5. The van der Waals surface area contributed by atoms with Crippen molar-refractivity contribution in [1.29, 1.82) is 0 Å². The molecule has 2 rings (SSSR count). The maximum atomic E-state index is 5.12. The number of hydrogen-bond donors (Lipinski definition) is 1. The Balaban J connectivity index is 0.00000162. The number of ether oxygens (including phenoxy) is 1. The van der Waals surface area contributed by atoms with Crippen LogP contribution in [-0.4, -0.2) is 11.7 Å². The zero-order valence-electron chi connectivity index (χ0n) is 10.7. The fourth-order valence-corrected chi connectivity index (χ4v) is 1.76. The molecule has 1 aromatic heterocycles. The number of rotatable bonds is 5. The molecule has 18 heavy (non-hydrogen) atoms. The van der Waals surface area contributed by atoms with Gasteiger partial charge in [0.05, 0.1) is 7.11 Å². The highest BCUT2D eigenvalue weighted by Crippen LogP contribution is 2.11. The Bertz CT molecular complexity index is 465. The van der Waals surface area contributed by atoms with Gasteiger partial charge >= 0.3 is 0 Å². The Morgan fingerprint density at radius 2 is 1.83 bits per heavy atom. The molecule has 1 N–H and O–H groups in total. The summed E-state index contributed by atoms with van der Waals surface area (Å²) in [6.07, 6.45) is 2.06. The second kappa shape index (κ2) is 7.09. The first-order valence-electron chi connectivity index (χ1n) is 5.73. The van der Waals surface area contributed by atoms with Crippen LogP contribution in [0, 0.1) is 0 Å². The summed E-state index contributed by atoms with van der Waals surface area (Å²) in [6.45, 7) is 1.75. The van der Waals surface area contributed by atoms with Crippen molar-refractivity contribution in [2.24, 2.45) is 7.05 Å². The molecule has 0 unspecified atom stereocenters. The highest BCUT2D eigenvalue weighted by Gasteiger charge is 1.97. The Labute approximate surface area is 114 Å². The van der Waals surface area contributed by atoms with E-state index < -0.39 is 0 Å². The largest absolute Gasteiger partial charge is 0.497 e. The van der Waals surface area contributed by atoms with E-state index in [1.807, 2.05) is 12.1 Å². The van der Waals surface area contributed by atoms with Crippen molar-refractivity contribution in [3.8, 4) is 5.75 Å². The molecule has 2 aromatic rings. The molecular formula is C14H19ClN2O. The SMILES string of the molecule is COc1ccc(CNCc2cccn2C)cc1.Cl. The lowest BCUT2D eigenvalue weighted by atomic mass is 10.2. The van der Waals surface area contributed by atoms with E-state index >= 15 is 0 Å². The van der Waals surface area contributed by atoms with Crippen LogP contribution in [-0.2, 0) is 20.1 Å². The van der Waals surface area contributed by atoms with Crippen molar-refractivity contribution in [3.63, 3.8) is 0 Å². The number of nitrogens with zero attached hydrogens (tertiary/aromatic N) is 1. The van der Waals surface area contributed by atoms with Gasteiger partial charge in [0.1, 0.15) is 5.75 Å². The predicted molar refractivity (Wildman–Crippen MR) is 76.2 cm³/mol. The van der Waals surface area contributed by atoms with E-state index in [4.69, 9.17) is 4.74 Å². The smallest absolute Gasteiger partial charge is 0.118 e. The molecule has 0 amide bonds. The molecule has 0 spiro atoms. The van der Waals surface area contributed by atoms with Crippen LogP contribution in [0.15, 0.2) is 42.6 Å². The standard InChI is InChI=1S/C14H18N2O.ClH/c1-16-9-3-4-13(16)11-15-10-12-5-7-14(17-2)8-6-12;/h3-9,15H,10-11H2,1-2H3;1H. The van der Waals surface area contributed by atoms with Crippen LogP contribution in [0.2, 0.25) is 0 Å². The molecule has 1 heterocycles. The van der Waals surface area contributed by atoms with Gasteiger partial charge in [-0.1, -0.05) is 12.1 Å². The molecule has 0 fully saturated rings. The molecule has 0 radical (unpaired) electrons. The summed E-state index contributed by atoms with van der Waals surface area (Å²) >= 11 is 0. The van der Waals surface area contributed by atoms with Crippen molar-refractivity contribution < 1.29 is 4.74 Å². The van der Waals surface area contributed by atoms with Gasteiger partial charge in [-0.15, -0.1) is 12.4 Å². The summed E-state index contributed by atoms with van der Waals surface area (Å²) in [4.78, 5) is 0. The van der Waals surface area contributed by atoms with Gasteiger partial charge in [-0.05, 0) is 29.8 Å². The second-order valence-electron chi connectivity index (χ2n) is 4.06. The summed E-state index contributed by atoms with van der Waals surface area (Å²) < 4.78 is 7.25. The van der Waals surface area contributed by atoms with Crippen LogP contribution in [0.1, 0.15) is 11.3 Å². The first kappa shape index (κ1) is 14.6. The van der Waals surface area contributed by atoms with Gasteiger partial charge in [-0.2, -0.15) is 0 Å². The maximum Gasteiger partial charge on any atom is 0.118 e. The number of nitrogens with one attached hydrogen (secondary N) is 1. The lowest BCUT2D eigenvalue weighted by Gasteiger charge is -2.07. The summed E-state index contributed by atoms with van der Waals surface area (Å²) in [5.74, 6) is 0.899. The molecule has 3 nitrogen and oxygen atoms in total. The fourth-order valence-electron chi connectivity index (χ4n) is 1.76. The van der Waals surface area contributed by atoms with E-state index in [-0.39, 0.29) is 12.4 Å². The van der Waals surface area contributed by atoms with Crippen molar-refractivity contribution in [1.82, 2.24) is 9.88 Å². The minimum atomic E-state index is 0. The first-order valence-corrected chi connectivity index (χ1v) is 5.73. The molecule has 0 atom stereocenters. The van der Waals surface area contributed by atoms with E-state index in [1.165, 1.54) is 11.3 Å². The molecule has 0 aliphatic rings. The van der Waals surface area contributed by atoms with E-state index in [0.717, 1.165) is 18.8 Å². The fraction of sp³-hybridized carbons (Fsp3) is 0.286. The van der Waals surface area contributed by atoms with Crippen molar-refractivity contribution in [3.05, 3.63) is 53.9 Å². The Morgan fingerprint density at radius 1 is 1.11 bits per heavy atom. The summed E-state index contributed by atoms with van der Waals surface area (Å²) in [5, 5.41) is 3.42. The summed E-state index contributed by atoms with van der Waals surface area (Å²) in [6, 6.07) is 12.3. The molecule has 0 aliphatic carbocycles. The minimum absolute atomic E-state index is 0. The predicted octanol–water partition coefficient (Wildman–Crippen LogP) is 2.75. The highest BCUT2D eigenvalue weighted by atomic mass is 35.5. The molecular weight excluding hydrogens is 248 g/mol. The third-order valence-electron chi connectivity index (χ3n) is 2.85. The molecule has 4 heteroatoms. The van der Waals surface area contributed by atoms with Gasteiger partial charge in [0.2, 0.25) is 0 Å². The number of benzene rings is 1. The average Bonchev–Trinajstić information content (AvgIpc) is 2.76. The maximum absolute atomic E-state index is 5.12. The highest BCUT2D eigenvalue weighted by molar-refractivity contribution is 5.85. The summed E-state index contributed by atoms with van der Waals surface area (Å²) in [7, 11) is 3.74. The molecule has 0 aliphatic heterocycles. The number of hydrogen-bond acceptors (Lipinski definition) is 2. The first-order chi connectivity index (χ1) is 8.29. The summed E-state index contributed by atoms with van der Waals surface area (Å²) in [5.41, 5.74) is 2.55. The van der Waals surface area contributed by atoms with E-state index in [2.05, 4.69) is 47.4 Å². The Kier molecular flexibility index (Phi) is 5.75. The number of aromatic nitrogens is 1. The van der Waals surface area contributed by atoms with Crippen molar-refractivity contribution in [2.75, 3.05) is 7.11 Å². The normalized spacial score (nSPS) is 9.89. The van der Waals surface area contributed by atoms with Crippen LogP contribution < -0.4 is 10.1 Å². The molecule has 0 bridgehead atoms. The van der Waals surface area contributed by atoms with Crippen LogP contribution in [0.3, 0.4) is 0 Å². The van der Waals surface area contributed by atoms with Crippen LogP contribution in [0.5, 0.6) is 5.75 Å². The van der Waals surface area contributed by atoms with Crippen LogP contribution >= 0.6 is 12.4 Å². The second-order valence-corrected chi connectivity index (χ2v) is 4.06. The van der Waals surface area contributed by atoms with Gasteiger partial charge in [-0.3, -0.25) is 0 Å². The Hall–Kier alpha value is -1.45.